The third-order valence-electron chi connectivity index (χ3n) is 3.15. The predicted molar refractivity (Wildman–Crippen MR) is 63.4 cm³/mol. The highest BCUT2D eigenvalue weighted by molar-refractivity contribution is 5.62. The Morgan fingerprint density at radius 2 is 2.22 bits per heavy atom. The lowest BCUT2D eigenvalue weighted by Gasteiger charge is -2.25. The first kappa shape index (κ1) is 11.4. The van der Waals surface area contributed by atoms with E-state index in [4.69, 9.17) is 9.84 Å². The Bertz CT molecular complexity index is 564. The Morgan fingerprint density at radius 1 is 1.39 bits per heavy atom. The molecule has 1 fully saturated rings. The van der Waals surface area contributed by atoms with Crippen molar-refractivity contribution in [2.24, 2.45) is 0 Å². The van der Waals surface area contributed by atoms with Crippen molar-refractivity contribution in [3.63, 3.8) is 0 Å². The van der Waals surface area contributed by atoms with E-state index in [0.717, 1.165) is 11.1 Å². The second-order valence-electron chi connectivity index (χ2n) is 4.36. The molecule has 0 radical (unpaired) electrons. The van der Waals surface area contributed by atoms with Crippen molar-refractivity contribution < 1.29 is 14.2 Å². The number of aromatic nitrogens is 2. The van der Waals surface area contributed by atoms with Gasteiger partial charge in [-0.1, -0.05) is 12.1 Å². The molecule has 0 aliphatic carbocycles. The molecule has 1 N–H and O–H groups in total. The average Bonchev–Trinajstić information content (AvgIpc) is 2.76. The third kappa shape index (κ3) is 1.91. The van der Waals surface area contributed by atoms with Gasteiger partial charge in [-0.2, -0.15) is 5.10 Å². The minimum absolute atomic E-state index is 0.287. The van der Waals surface area contributed by atoms with Crippen LogP contribution in [0.2, 0.25) is 0 Å². The van der Waals surface area contributed by atoms with Gasteiger partial charge in [0, 0.05) is 17.3 Å². The van der Waals surface area contributed by atoms with Crippen LogP contribution >= 0.6 is 0 Å². The van der Waals surface area contributed by atoms with Gasteiger partial charge >= 0.3 is 0 Å². The molecule has 0 amide bonds. The standard InChI is InChI=1S/C13H13FN2O2/c14-13-3-9(1-2-10(13)6-17)11-4-15-16(5-11)12-7-18-8-12/h1-5,12,17H,6-8H2. The zero-order chi connectivity index (χ0) is 12.5. The minimum Gasteiger partial charge on any atom is -0.392 e. The van der Waals surface area contributed by atoms with Crippen molar-refractivity contribution >= 4 is 0 Å². The van der Waals surface area contributed by atoms with Gasteiger partial charge in [0.15, 0.2) is 0 Å². The molecule has 1 aromatic carbocycles. The first-order valence-electron chi connectivity index (χ1n) is 5.79. The van der Waals surface area contributed by atoms with E-state index in [-0.39, 0.29) is 6.61 Å². The van der Waals surface area contributed by atoms with Crippen molar-refractivity contribution in [2.45, 2.75) is 12.6 Å². The van der Waals surface area contributed by atoms with Crippen molar-refractivity contribution in [1.82, 2.24) is 9.78 Å². The highest BCUT2D eigenvalue weighted by atomic mass is 19.1. The second kappa shape index (κ2) is 4.51. The lowest BCUT2D eigenvalue weighted by Crippen LogP contribution is -2.30. The van der Waals surface area contributed by atoms with Gasteiger partial charge in [0.05, 0.1) is 32.1 Å². The van der Waals surface area contributed by atoms with Gasteiger partial charge in [-0.05, 0) is 11.6 Å². The fourth-order valence-electron chi connectivity index (χ4n) is 1.92. The number of nitrogens with zero attached hydrogens (tertiary/aromatic N) is 2. The summed E-state index contributed by atoms with van der Waals surface area (Å²) in [6.07, 6.45) is 3.60. The highest BCUT2D eigenvalue weighted by Crippen LogP contribution is 2.24. The summed E-state index contributed by atoms with van der Waals surface area (Å²) in [5.41, 5.74) is 1.93. The molecule has 94 valence electrons. The molecule has 0 bridgehead atoms. The molecule has 18 heavy (non-hydrogen) atoms. The molecule has 0 saturated carbocycles. The molecule has 1 saturated heterocycles. The summed E-state index contributed by atoms with van der Waals surface area (Å²) in [5, 5.41) is 13.2. The molecule has 0 unspecified atom stereocenters. The summed E-state index contributed by atoms with van der Waals surface area (Å²) >= 11 is 0. The summed E-state index contributed by atoms with van der Waals surface area (Å²) in [6, 6.07) is 5.09. The number of benzene rings is 1. The fraction of sp³-hybridized carbons (Fsp3) is 0.308. The van der Waals surface area contributed by atoms with E-state index < -0.39 is 5.82 Å². The molecule has 1 aliphatic rings. The molecule has 2 aromatic rings. The van der Waals surface area contributed by atoms with Crippen LogP contribution in [0.3, 0.4) is 0 Å². The Hall–Kier alpha value is -1.72. The van der Waals surface area contributed by atoms with Crippen molar-refractivity contribution in [2.75, 3.05) is 13.2 Å². The van der Waals surface area contributed by atoms with Crippen LogP contribution in [0.5, 0.6) is 0 Å². The van der Waals surface area contributed by atoms with Gasteiger partial charge in [-0.25, -0.2) is 4.39 Å². The van der Waals surface area contributed by atoms with Gasteiger partial charge < -0.3 is 9.84 Å². The highest BCUT2D eigenvalue weighted by Gasteiger charge is 2.21. The monoisotopic (exact) mass is 248 g/mol. The zero-order valence-electron chi connectivity index (χ0n) is 9.71. The van der Waals surface area contributed by atoms with Crippen LogP contribution in [-0.4, -0.2) is 28.1 Å². The first-order valence-corrected chi connectivity index (χ1v) is 5.79. The zero-order valence-corrected chi connectivity index (χ0v) is 9.71. The number of hydrogen-bond acceptors (Lipinski definition) is 3. The van der Waals surface area contributed by atoms with Crippen LogP contribution in [-0.2, 0) is 11.3 Å². The van der Waals surface area contributed by atoms with Gasteiger partial charge in [-0.3, -0.25) is 4.68 Å². The van der Waals surface area contributed by atoms with E-state index in [1.807, 2.05) is 10.9 Å². The average molecular weight is 248 g/mol. The summed E-state index contributed by atoms with van der Waals surface area (Å²) in [7, 11) is 0. The smallest absolute Gasteiger partial charge is 0.129 e. The molecule has 2 heterocycles. The topological polar surface area (TPSA) is 47.3 Å². The van der Waals surface area contributed by atoms with E-state index in [9.17, 15) is 4.39 Å². The molecular formula is C13H13FN2O2. The van der Waals surface area contributed by atoms with Gasteiger partial charge in [0.1, 0.15) is 5.82 Å². The van der Waals surface area contributed by atoms with E-state index in [0.29, 0.717) is 24.8 Å². The van der Waals surface area contributed by atoms with Crippen LogP contribution < -0.4 is 0 Å². The molecular weight excluding hydrogens is 235 g/mol. The maximum atomic E-state index is 13.6. The quantitative estimate of drug-likeness (QED) is 0.900. The van der Waals surface area contributed by atoms with E-state index in [2.05, 4.69) is 5.10 Å². The predicted octanol–water partition coefficient (Wildman–Crippen LogP) is 1.75. The molecule has 0 atom stereocenters. The Balaban J connectivity index is 1.89. The van der Waals surface area contributed by atoms with Crippen LogP contribution in [0.4, 0.5) is 4.39 Å². The molecule has 0 spiro atoms. The summed E-state index contributed by atoms with van der Waals surface area (Å²) in [5.74, 6) is -0.394. The van der Waals surface area contributed by atoms with E-state index in [1.165, 1.54) is 6.07 Å². The van der Waals surface area contributed by atoms with Crippen LogP contribution in [0.15, 0.2) is 30.6 Å². The third-order valence-corrected chi connectivity index (χ3v) is 3.15. The maximum absolute atomic E-state index is 13.6. The second-order valence-corrected chi connectivity index (χ2v) is 4.36. The first-order chi connectivity index (χ1) is 8.78. The molecule has 5 heteroatoms. The number of aliphatic hydroxyl groups excluding tert-OH is 1. The van der Waals surface area contributed by atoms with Crippen LogP contribution in [0, 0.1) is 5.82 Å². The lowest BCUT2D eigenvalue weighted by molar-refractivity contribution is -0.0286. The number of aliphatic hydroxyl groups is 1. The maximum Gasteiger partial charge on any atom is 0.129 e. The van der Waals surface area contributed by atoms with E-state index in [1.54, 1.807) is 18.3 Å². The van der Waals surface area contributed by atoms with Crippen molar-refractivity contribution in [3.05, 3.63) is 42.0 Å². The molecule has 1 aliphatic heterocycles. The molecule has 3 rings (SSSR count). The van der Waals surface area contributed by atoms with Crippen LogP contribution in [0.1, 0.15) is 11.6 Å². The van der Waals surface area contributed by atoms with E-state index >= 15 is 0 Å². The Labute approximate surface area is 104 Å². The lowest BCUT2D eigenvalue weighted by atomic mass is 10.1. The normalized spacial score (nSPS) is 15.7. The summed E-state index contributed by atoms with van der Waals surface area (Å²) in [6.45, 7) is 1.07. The minimum atomic E-state index is -0.394. The molecule has 4 nitrogen and oxygen atoms in total. The fourth-order valence-corrected chi connectivity index (χ4v) is 1.92. The van der Waals surface area contributed by atoms with Gasteiger partial charge in [-0.15, -0.1) is 0 Å². The largest absolute Gasteiger partial charge is 0.392 e. The number of halogens is 1. The van der Waals surface area contributed by atoms with Crippen molar-refractivity contribution in [1.29, 1.82) is 0 Å². The Morgan fingerprint density at radius 3 is 2.83 bits per heavy atom. The SMILES string of the molecule is OCc1ccc(-c2cnn(C3COC3)c2)cc1F. The number of rotatable bonds is 3. The van der Waals surface area contributed by atoms with Gasteiger partial charge in [0.25, 0.3) is 0 Å². The summed E-state index contributed by atoms with van der Waals surface area (Å²) in [4.78, 5) is 0. The van der Waals surface area contributed by atoms with Crippen molar-refractivity contribution in [3.8, 4) is 11.1 Å². The number of hydrogen-bond donors (Lipinski definition) is 1. The summed E-state index contributed by atoms with van der Waals surface area (Å²) < 4.78 is 20.5. The number of ether oxygens (including phenoxy) is 1. The Kier molecular flexibility index (Phi) is 2.85. The van der Waals surface area contributed by atoms with Gasteiger partial charge in [0.2, 0.25) is 0 Å². The molecule has 1 aromatic heterocycles. The van der Waals surface area contributed by atoms with Crippen LogP contribution in [0.25, 0.3) is 11.1 Å².